The van der Waals surface area contributed by atoms with E-state index in [1.54, 1.807) is 12.4 Å². The fraction of sp³-hybridized carbons (Fsp3) is 0.409. The number of ether oxygens (including phenoxy) is 1. The number of amides is 1. The molecule has 0 radical (unpaired) electrons. The van der Waals surface area contributed by atoms with E-state index in [0.29, 0.717) is 24.7 Å². The van der Waals surface area contributed by atoms with Crippen molar-refractivity contribution < 1.29 is 9.53 Å². The first-order valence-electron chi connectivity index (χ1n) is 9.46. The monoisotopic (exact) mass is 399 g/mol. The molecule has 2 N–H and O–H groups in total. The van der Waals surface area contributed by atoms with Gasteiger partial charge in [-0.25, -0.2) is 0 Å². The lowest BCUT2D eigenvalue weighted by molar-refractivity contribution is -0.128. The van der Waals surface area contributed by atoms with Crippen molar-refractivity contribution in [2.45, 2.75) is 47.1 Å². The lowest BCUT2D eigenvalue weighted by atomic mass is 9.87. The van der Waals surface area contributed by atoms with Crippen LogP contribution in [0.25, 0.3) is 0 Å². The quantitative estimate of drug-likeness (QED) is 0.517. The van der Waals surface area contributed by atoms with Gasteiger partial charge in [0, 0.05) is 24.4 Å². The molecule has 0 aliphatic rings. The topological polar surface area (TPSA) is 63.2 Å². The summed E-state index contributed by atoms with van der Waals surface area (Å²) in [6.45, 7) is 9.02. The second-order valence-electron chi connectivity index (χ2n) is 7.60. The van der Waals surface area contributed by atoms with Gasteiger partial charge in [0.05, 0.1) is 6.61 Å². The van der Waals surface area contributed by atoms with E-state index in [-0.39, 0.29) is 5.91 Å². The molecule has 0 aliphatic heterocycles. The van der Waals surface area contributed by atoms with Gasteiger partial charge in [-0.1, -0.05) is 32.0 Å². The molecule has 28 heavy (non-hydrogen) atoms. The Hall–Kier alpha value is -2.47. The number of carbonyl (C=O) groups excluding carboxylic acids is 1. The number of hydrogen-bond donors (Lipinski definition) is 2. The van der Waals surface area contributed by atoms with Crippen LogP contribution in [0.2, 0.25) is 0 Å². The van der Waals surface area contributed by atoms with Crippen LogP contribution < -0.4 is 15.4 Å². The van der Waals surface area contributed by atoms with E-state index in [9.17, 15) is 4.79 Å². The van der Waals surface area contributed by atoms with Crippen LogP contribution in [-0.2, 0) is 11.3 Å². The average Bonchev–Trinajstić information content (AvgIpc) is 2.67. The molecule has 0 bridgehead atoms. The van der Waals surface area contributed by atoms with Gasteiger partial charge in [-0.15, -0.1) is 0 Å². The van der Waals surface area contributed by atoms with E-state index in [0.717, 1.165) is 23.3 Å². The van der Waals surface area contributed by atoms with Crippen molar-refractivity contribution in [1.82, 2.24) is 15.6 Å². The number of rotatable bonds is 8. The van der Waals surface area contributed by atoms with Gasteiger partial charge < -0.3 is 15.4 Å². The summed E-state index contributed by atoms with van der Waals surface area (Å²) in [5.74, 6) is 0.811. The third-order valence-electron chi connectivity index (χ3n) is 4.56. The fourth-order valence-electron chi connectivity index (χ4n) is 2.67. The zero-order chi connectivity index (χ0) is 20.6. The first kappa shape index (κ1) is 21.8. The van der Waals surface area contributed by atoms with Crippen molar-refractivity contribution in [2.75, 3.05) is 6.61 Å². The standard InChI is InChI=1S/C22H29N3O2S/c1-16-8-9-17(2)19(13-16)27-12-6-10-22(3,4)20(26)25-21(28)24-15-18-7-5-11-23-14-18/h5,7-9,11,13-14H,6,10,12,15H2,1-4H3,(H2,24,25,26,28). The fourth-order valence-corrected chi connectivity index (χ4v) is 2.84. The summed E-state index contributed by atoms with van der Waals surface area (Å²) < 4.78 is 5.89. The first-order chi connectivity index (χ1) is 13.3. The van der Waals surface area contributed by atoms with Gasteiger partial charge in [0.15, 0.2) is 5.11 Å². The highest BCUT2D eigenvalue weighted by Gasteiger charge is 2.27. The van der Waals surface area contributed by atoms with Crippen molar-refractivity contribution in [3.05, 3.63) is 59.4 Å². The van der Waals surface area contributed by atoms with Crippen LogP contribution in [0.15, 0.2) is 42.7 Å². The highest BCUT2D eigenvalue weighted by molar-refractivity contribution is 7.80. The summed E-state index contributed by atoms with van der Waals surface area (Å²) in [6, 6.07) is 9.98. The van der Waals surface area contributed by atoms with Crippen LogP contribution in [0.4, 0.5) is 0 Å². The van der Waals surface area contributed by atoms with E-state index in [2.05, 4.69) is 27.8 Å². The second-order valence-corrected chi connectivity index (χ2v) is 8.01. The Balaban J connectivity index is 1.74. The number of aromatic nitrogens is 1. The molecule has 2 rings (SSSR count). The van der Waals surface area contributed by atoms with Gasteiger partial charge >= 0.3 is 0 Å². The van der Waals surface area contributed by atoms with E-state index >= 15 is 0 Å². The maximum absolute atomic E-state index is 12.6. The molecule has 1 aromatic heterocycles. The molecule has 0 saturated carbocycles. The Kier molecular flexibility index (Phi) is 7.93. The van der Waals surface area contributed by atoms with E-state index in [4.69, 9.17) is 17.0 Å². The molecular weight excluding hydrogens is 370 g/mol. The van der Waals surface area contributed by atoms with Gasteiger partial charge in [0.2, 0.25) is 5.91 Å². The summed E-state index contributed by atoms with van der Waals surface area (Å²) in [4.78, 5) is 16.6. The first-order valence-corrected chi connectivity index (χ1v) is 9.87. The van der Waals surface area contributed by atoms with Gasteiger partial charge in [0.25, 0.3) is 0 Å². The molecule has 1 amide bonds. The number of aryl methyl sites for hydroxylation is 2. The molecule has 0 saturated heterocycles. The third kappa shape index (κ3) is 6.93. The molecule has 150 valence electrons. The number of benzene rings is 1. The summed E-state index contributed by atoms with van der Waals surface area (Å²) >= 11 is 5.24. The van der Waals surface area contributed by atoms with Gasteiger partial charge in [-0.3, -0.25) is 9.78 Å². The number of pyridine rings is 1. The van der Waals surface area contributed by atoms with Crippen LogP contribution in [0.1, 0.15) is 43.4 Å². The Morgan fingerprint density at radius 2 is 2.04 bits per heavy atom. The molecule has 0 atom stereocenters. The van der Waals surface area contributed by atoms with Crippen LogP contribution in [0.3, 0.4) is 0 Å². The maximum atomic E-state index is 12.6. The molecule has 5 nitrogen and oxygen atoms in total. The Bertz CT molecular complexity index is 807. The number of nitrogens with one attached hydrogen (secondary N) is 2. The van der Waals surface area contributed by atoms with Gasteiger partial charge in [-0.05, 0) is 67.7 Å². The summed E-state index contributed by atoms with van der Waals surface area (Å²) in [5.41, 5.74) is 2.76. The van der Waals surface area contributed by atoms with E-state index in [1.165, 1.54) is 5.56 Å². The Morgan fingerprint density at radius 1 is 1.25 bits per heavy atom. The van der Waals surface area contributed by atoms with E-state index in [1.807, 2.05) is 45.9 Å². The SMILES string of the molecule is Cc1ccc(C)c(OCCCC(C)(C)C(=O)NC(=S)NCc2cccnc2)c1. The minimum absolute atomic E-state index is 0.0945. The highest BCUT2D eigenvalue weighted by atomic mass is 32.1. The van der Waals surface area contributed by atoms with Crippen molar-refractivity contribution >= 4 is 23.2 Å². The van der Waals surface area contributed by atoms with Gasteiger partial charge in [-0.2, -0.15) is 0 Å². The van der Waals surface area contributed by atoms with Crippen LogP contribution in [-0.4, -0.2) is 22.6 Å². The second kappa shape index (κ2) is 10.2. The zero-order valence-corrected chi connectivity index (χ0v) is 17.9. The van der Waals surface area contributed by atoms with Crippen LogP contribution in [0.5, 0.6) is 5.75 Å². The van der Waals surface area contributed by atoms with Crippen molar-refractivity contribution in [2.24, 2.45) is 5.41 Å². The Labute approximate surface area is 172 Å². The van der Waals surface area contributed by atoms with Crippen LogP contribution in [0, 0.1) is 19.3 Å². The molecule has 2 aromatic rings. The van der Waals surface area contributed by atoms with Gasteiger partial charge in [0.1, 0.15) is 5.75 Å². The predicted octanol–water partition coefficient (Wildman–Crippen LogP) is 4.07. The molecule has 1 heterocycles. The zero-order valence-electron chi connectivity index (χ0n) is 17.0. The molecule has 0 unspecified atom stereocenters. The lowest BCUT2D eigenvalue weighted by Crippen LogP contribution is -2.45. The predicted molar refractivity (Wildman–Crippen MR) is 116 cm³/mol. The molecule has 6 heteroatoms. The van der Waals surface area contributed by atoms with Crippen molar-refractivity contribution in [3.8, 4) is 5.75 Å². The summed E-state index contributed by atoms with van der Waals surface area (Å²) in [7, 11) is 0. The molecule has 0 fully saturated rings. The van der Waals surface area contributed by atoms with Crippen molar-refractivity contribution in [3.63, 3.8) is 0 Å². The summed E-state index contributed by atoms with van der Waals surface area (Å²) in [5, 5.41) is 6.15. The third-order valence-corrected chi connectivity index (χ3v) is 4.81. The Morgan fingerprint density at radius 3 is 2.75 bits per heavy atom. The molecule has 0 aliphatic carbocycles. The molecule has 1 aromatic carbocycles. The number of thiocarbonyl (C=S) groups is 1. The molecular formula is C22H29N3O2S. The highest BCUT2D eigenvalue weighted by Crippen LogP contribution is 2.24. The number of carbonyl (C=O) groups is 1. The lowest BCUT2D eigenvalue weighted by Gasteiger charge is -2.24. The van der Waals surface area contributed by atoms with E-state index < -0.39 is 5.41 Å². The minimum atomic E-state index is -0.537. The smallest absolute Gasteiger partial charge is 0.231 e. The number of nitrogens with zero attached hydrogens (tertiary/aromatic N) is 1. The van der Waals surface area contributed by atoms with Crippen LogP contribution >= 0.6 is 12.2 Å². The maximum Gasteiger partial charge on any atom is 0.231 e. The average molecular weight is 400 g/mol. The largest absolute Gasteiger partial charge is 0.493 e. The van der Waals surface area contributed by atoms with Crippen molar-refractivity contribution in [1.29, 1.82) is 0 Å². The number of hydrogen-bond acceptors (Lipinski definition) is 4. The normalized spacial score (nSPS) is 11.0. The molecule has 0 spiro atoms. The minimum Gasteiger partial charge on any atom is -0.493 e. The summed E-state index contributed by atoms with van der Waals surface area (Å²) in [6.07, 6.45) is 4.96.